The standard InChI is InChI=1S/C24H27N5O4S/c1-34-10-9-21(24(32)33)29-22(30)18-8-7-16(11-19(18)15-5-3-2-4-6-15)28-23(31)20(25)12-17-13-26-14-27-17/h2-8,11,13-14,20-21H,9-10,12,25H2,1H3,(H,26,27)(H,28,31)(H,29,30)(H,32,33)/t20-,21-/m0/s1. The van der Waals surface area contributed by atoms with Gasteiger partial charge in [-0.05, 0) is 47.8 Å². The van der Waals surface area contributed by atoms with E-state index in [0.717, 1.165) is 11.3 Å². The smallest absolute Gasteiger partial charge is 0.326 e. The number of anilines is 1. The summed E-state index contributed by atoms with van der Waals surface area (Å²) in [5.41, 5.74) is 8.86. The van der Waals surface area contributed by atoms with Gasteiger partial charge in [0.2, 0.25) is 5.91 Å². The number of carbonyl (C=O) groups excluding carboxylic acids is 2. The molecule has 0 unspecified atom stereocenters. The van der Waals surface area contributed by atoms with E-state index in [1.54, 1.807) is 24.4 Å². The fourth-order valence-corrected chi connectivity index (χ4v) is 3.84. The van der Waals surface area contributed by atoms with E-state index in [2.05, 4.69) is 20.6 Å². The Kier molecular flexibility index (Phi) is 8.83. The van der Waals surface area contributed by atoms with E-state index in [0.29, 0.717) is 35.4 Å². The van der Waals surface area contributed by atoms with E-state index in [-0.39, 0.29) is 5.91 Å². The summed E-state index contributed by atoms with van der Waals surface area (Å²) >= 11 is 1.51. The molecule has 3 aromatic rings. The van der Waals surface area contributed by atoms with Crippen molar-refractivity contribution < 1.29 is 19.5 Å². The van der Waals surface area contributed by atoms with Crippen LogP contribution in [0.2, 0.25) is 0 Å². The van der Waals surface area contributed by atoms with Crippen LogP contribution >= 0.6 is 11.8 Å². The summed E-state index contributed by atoms with van der Waals surface area (Å²) in [5, 5.41) is 14.9. The highest BCUT2D eigenvalue weighted by Gasteiger charge is 2.23. The summed E-state index contributed by atoms with van der Waals surface area (Å²) in [5.74, 6) is -1.36. The Morgan fingerprint density at radius 1 is 1.18 bits per heavy atom. The molecule has 10 heteroatoms. The largest absolute Gasteiger partial charge is 0.480 e. The van der Waals surface area contributed by atoms with E-state index in [1.165, 1.54) is 18.1 Å². The fraction of sp³-hybridized carbons (Fsp3) is 0.250. The molecule has 3 rings (SSSR count). The van der Waals surface area contributed by atoms with Crippen molar-refractivity contribution in [3.63, 3.8) is 0 Å². The summed E-state index contributed by atoms with van der Waals surface area (Å²) in [4.78, 5) is 44.1. The Bertz CT molecular complexity index is 1120. The number of thioether (sulfide) groups is 1. The molecule has 0 bridgehead atoms. The molecular weight excluding hydrogens is 454 g/mol. The molecule has 0 spiro atoms. The molecule has 1 heterocycles. The number of carboxylic acid groups (broad SMARTS) is 1. The number of hydrogen-bond acceptors (Lipinski definition) is 6. The number of carboxylic acids is 1. The molecule has 0 aliphatic heterocycles. The average molecular weight is 482 g/mol. The summed E-state index contributed by atoms with van der Waals surface area (Å²) in [6.45, 7) is 0. The van der Waals surface area contributed by atoms with Crippen LogP contribution < -0.4 is 16.4 Å². The maximum absolute atomic E-state index is 13.0. The van der Waals surface area contributed by atoms with Crippen molar-refractivity contribution in [3.8, 4) is 11.1 Å². The van der Waals surface area contributed by atoms with Gasteiger partial charge in [0.1, 0.15) is 6.04 Å². The van der Waals surface area contributed by atoms with Gasteiger partial charge in [0, 0.05) is 29.6 Å². The Balaban J connectivity index is 1.84. The summed E-state index contributed by atoms with van der Waals surface area (Å²) in [7, 11) is 0. The monoisotopic (exact) mass is 481 g/mol. The highest BCUT2D eigenvalue weighted by Crippen LogP contribution is 2.27. The minimum atomic E-state index is -1.08. The van der Waals surface area contributed by atoms with Crippen molar-refractivity contribution in [2.24, 2.45) is 5.73 Å². The van der Waals surface area contributed by atoms with Gasteiger partial charge >= 0.3 is 5.97 Å². The molecule has 2 amide bonds. The van der Waals surface area contributed by atoms with Crippen LogP contribution in [0.1, 0.15) is 22.5 Å². The van der Waals surface area contributed by atoms with Gasteiger partial charge in [-0.25, -0.2) is 9.78 Å². The lowest BCUT2D eigenvalue weighted by Gasteiger charge is -2.17. The van der Waals surface area contributed by atoms with Gasteiger partial charge in [0.15, 0.2) is 0 Å². The lowest BCUT2D eigenvalue weighted by atomic mass is 9.97. The van der Waals surface area contributed by atoms with Crippen LogP contribution in [0.5, 0.6) is 0 Å². The summed E-state index contributed by atoms with van der Waals surface area (Å²) in [6, 6.07) is 12.3. The minimum absolute atomic E-state index is 0.296. The van der Waals surface area contributed by atoms with Gasteiger partial charge < -0.3 is 26.5 Å². The first-order valence-corrected chi connectivity index (χ1v) is 12.0. The second-order valence-corrected chi connectivity index (χ2v) is 8.63. The van der Waals surface area contributed by atoms with Gasteiger partial charge in [-0.2, -0.15) is 11.8 Å². The number of aliphatic carboxylic acids is 1. The molecule has 9 nitrogen and oxygen atoms in total. The molecule has 0 aliphatic rings. The molecule has 6 N–H and O–H groups in total. The summed E-state index contributed by atoms with van der Waals surface area (Å²) < 4.78 is 0. The third-order valence-corrected chi connectivity index (χ3v) is 5.81. The Labute approximate surface area is 201 Å². The second-order valence-electron chi connectivity index (χ2n) is 7.65. The molecule has 1 aromatic heterocycles. The van der Waals surface area contributed by atoms with Crippen LogP contribution in [0.15, 0.2) is 61.1 Å². The predicted molar refractivity (Wildman–Crippen MR) is 133 cm³/mol. The van der Waals surface area contributed by atoms with E-state index in [1.807, 2.05) is 36.6 Å². The number of hydrogen-bond donors (Lipinski definition) is 5. The maximum Gasteiger partial charge on any atom is 0.326 e. The molecule has 2 aromatic carbocycles. The van der Waals surface area contributed by atoms with Crippen LogP contribution in [0.25, 0.3) is 11.1 Å². The van der Waals surface area contributed by atoms with Crippen molar-refractivity contribution in [1.82, 2.24) is 15.3 Å². The zero-order valence-electron chi connectivity index (χ0n) is 18.7. The number of aromatic nitrogens is 2. The van der Waals surface area contributed by atoms with Crippen LogP contribution in [-0.2, 0) is 16.0 Å². The predicted octanol–water partition coefficient (Wildman–Crippen LogP) is 2.52. The second kappa shape index (κ2) is 12.0. The Hall–Kier alpha value is -3.63. The number of aromatic amines is 1. The van der Waals surface area contributed by atoms with E-state index < -0.39 is 24.0 Å². The van der Waals surface area contributed by atoms with Crippen LogP contribution in [0.4, 0.5) is 5.69 Å². The molecule has 34 heavy (non-hydrogen) atoms. The molecule has 0 radical (unpaired) electrons. The highest BCUT2D eigenvalue weighted by molar-refractivity contribution is 7.98. The maximum atomic E-state index is 13.0. The van der Waals surface area contributed by atoms with E-state index in [9.17, 15) is 19.5 Å². The molecule has 2 atom stereocenters. The lowest BCUT2D eigenvalue weighted by molar-refractivity contribution is -0.139. The first-order chi connectivity index (χ1) is 16.4. The number of nitrogens with zero attached hydrogens (tertiary/aromatic N) is 1. The third kappa shape index (κ3) is 6.69. The number of carbonyl (C=O) groups is 3. The van der Waals surface area contributed by atoms with Gasteiger partial charge in [-0.1, -0.05) is 30.3 Å². The quantitative estimate of drug-likeness (QED) is 0.282. The first kappa shape index (κ1) is 25.0. The van der Waals surface area contributed by atoms with Gasteiger partial charge in [-0.15, -0.1) is 0 Å². The Morgan fingerprint density at radius 3 is 2.59 bits per heavy atom. The number of H-pyrrole nitrogens is 1. The molecule has 0 saturated heterocycles. The van der Waals surface area contributed by atoms with Gasteiger partial charge in [-0.3, -0.25) is 9.59 Å². The van der Waals surface area contributed by atoms with Gasteiger partial charge in [0.25, 0.3) is 5.91 Å². The zero-order chi connectivity index (χ0) is 24.5. The molecular formula is C24H27N5O4S. The number of amides is 2. The number of imidazole rings is 1. The SMILES string of the molecule is CSCC[C@H](NC(=O)c1ccc(NC(=O)[C@@H](N)Cc2cnc[nH]2)cc1-c1ccccc1)C(=O)O. The first-order valence-electron chi connectivity index (χ1n) is 10.6. The minimum Gasteiger partial charge on any atom is -0.480 e. The van der Waals surface area contributed by atoms with Gasteiger partial charge in [0.05, 0.1) is 12.4 Å². The summed E-state index contributed by atoms with van der Waals surface area (Å²) in [6.07, 6.45) is 5.61. The number of rotatable bonds is 11. The van der Waals surface area contributed by atoms with Crippen LogP contribution in [0.3, 0.4) is 0 Å². The molecule has 0 aliphatic carbocycles. The van der Waals surface area contributed by atoms with E-state index in [4.69, 9.17) is 5.73 Å². The van der Waals surface area contributed by atoms with Crippen LogP contribution in [0, 0.1) is 0 Å². The van der Waals surface area contributed by atoms with Crippen molar-refractivity contribution in [3.05, 3.63) is 72.3 Å². The van der Waals surface area contributed by atoms with Crippen molar-refractivity contribution >= 4 is 35.2 Å². The van der Waals surface area contributed by atoms with Crippen molar-refractivity contribution in [2.75, 3.05) is 17.3 Å². The molecule has 178 valence electrons. The number of nitrogens with two attached hydrogens (primary N) is 1. The average Bonchev–Trinajstić information content (AvgIpc) is 3.35. The molecule has 0 fully saturated rings. The highest BCUT2D eigenvalue weighted by atomic mass is 32.2. The topological polar surface area (TPSA) is 150 Å². The normalized spacial score (nSPS) is 12.5. The lowest BCUT2D eigenvalue weighted by Crippen LogP contribution is -2.41. The third-order valence-electron chi connectivity index (χ3n) is 5.16. The van der Waals surface area contributed by atoms with Crippen molar-refractivity contribution in [1.29, 1.82) is 0 Å². The van der Waals surface area contributed by atoms with Crippen LogP contribution in [-0.4, -0.2) is 57.0 Å². The number of benzene rings is 2. The van der Waals surface area contributed by atoms with Crippen molar-refractivity contribution in [2.45, 2.75) is 24.9 Å². The fourth-order valence-electron chi connectivity index (χ4n) is 3.37. The Morgan fingerprint density at radius 2 is 1.94 bits per heavy atom. The zero-order valence-corrected chi connectivity index (χ0v) is 19.5. The molecule has 0 saturated carbocycles. The van der Waals surface area contributed by atoms with E-state index >= 15 is 0 Å². The number of nitrogens with one attached hydrogen (secondary N) is 3.